The molecule has 10 heteroatoms. The summed E-state index contributed by atoms with van der Waals surface area (Å²) in [6.45, 7) is 4.24. The van der Waals surface area contributed by atoms with E-state index in [9.17, 15) is 24.2 Å². The second-order valence-corrected chi connectivity index (χ2v) is 9.94. The molecular weight excluding hydrogens is 505 g/mol. The van der Waals surface area contributed by atoms with Crippen molar-refractivity contribution in [2.24, 2.45) is 0 Å². The van der Waals surface area contributed by atoms with Crippen LogP contribution in [0.15, 0.2) is 48.5 Å². The van der Waals surface area contributed by atoms with E-state index in [-0.39, 0.29) is 30.4 Å². The van der Waals surface area contributed by atoms with Crippen LogP contribution in [-0.2, 0) is 17.8 Å². The molecule has 0 bridgehead atoms. The number of carboxylic acid groups (broad SMARTS) is 1. The maximum Gasteiger partial charge on any atom is 0.305 e. The van der Waals surface area contributed by atoms with Crippen LogP contribution in [0.5, 0.6) is 5.75 Å². The normalized spacial score (nSPS) is 12.8. The van der Waals surface area contributed by atoms with Gasteiger partial charge in [0, 0.05) is 24.8 Å². The highest BCUT2D eigenvalue weighted by molar-refractivity contribution is 5.94. The standard InChI is InChI=1S/C29H36FN3O6/c1-18(2)27-25(14-11-22(34)15-23(35)16-26(36)37)33(21-9-7-20(30)8-10-21)31-28(27)29(38)32(3)17-19-5-12-24(39-4)13-6-19/h5-10,12-13,18,22-23,34-35H,11,14-17H2,1-4H3,(H,36,37)/t22-,23-/m1/s1. The van der Waals surface area contributed by atoms with Gasteiger partial charge in [-0.3, -0.25) is 9.59 Å². The fourth-order valence-corrected chi connectivity index (χ4v) is 4.54. The summed E-state index contributed by atoms with van der Waals surface area (Å²) in [5.41, 5.74) is 3.14. The lowest BCUT2D eigenvalue weighted by Crippen LogP contribution is -2.27. The number of hydrogen-bond donors (Lipinski definition) is 3. The molecule has 210 valence electrons. The smallest absolute Gasteiger partial charge is 0.305 e. The van der Waals surface area contributed by atoms with Crippen LogP contribution >= 0.6 is 0 Å². The average molecular weight is 542 g/mol. The quantitative estimate of drug-likeness (QED) is 0.299. The zero-order chi connectivity index (χ0) is 28.7. The Bertz CT molecular complexity index is 1260. The van der Waals surface area contributed by atoms with Crippen molar-refractivity contribution in [1.82, 2.24) is 14.7 Å². The van der Waals surface area contributed by atoms with E-state index in [2.05, 4.69) is 5.10 Å². The highest BCUT2D eigenvalue weighted by Gasteiger charge is 2.28. The summed E-state index contributed by atoms with van der Waals surface area (Å²) in [7, 11) is 3.28. The molecule has 1 amide bonds. The van der Waals surface area contributed by atoms with Crippen molar-refractivity contribution in [2.45, 2.75) is 64.2 Å². The molecule has 0 aliphatic heterocycles. The molecule has 39 heavy (non-hydrogen) atoms. The number of carboxylic acids is 1. The molecular formula is C29H36FN3O6. The van der Waals surface area contributed by atoms with Gasteiger partial charge in [-0.05, 0) is 67.1 Å². The molecule has 0 spiro atoms. The summed E-state index contributed by atoms with van der Waals surface area (Å²) in [4.78, 5) is 26.1. The fraction of sp³-hybridized carbons (Fsp3) is 0.414. The van der Waals surface area contributed by atoms with Gasteiger partial charge in [-0.1, -0.05) is 26.0 Å². The Morgan fingerprint density at radius 3 is 2.26 bits per heavy atom. The number of halogens is 1. The van der Waals surface area contributed by atoms with Crippen LogP contribution in [0.25, 0.3) is 5.69 Å². The maximum absolute atomic E-state index is 13.7. The first kappa shape index (κ1) is 29.8. The zero-order valence-electron chi connectivity index (χ0n) is 22.7. The molecule has 3 rings (SSSR count). The zero-order valence-corrected chi connectivity index (χ0v) is 22.7. The number of aliphatic hydroxyl groups excluding tert-OH is 2. The first-order chi connectivity index (χ1) is 18.5. The molecule has 0 aliphatic carbocycles. The lowest BCUT2D eigenvalue weighted by Gasteiger charge is -2.18. The van der Waals surface area contributed by atoms with Gasteiger partial charge in [0.1, 0.15) is 11.6 Å². The third-order valence-electron chi connectivity index (χ3n) is 6.47. The van der Waals surface area contributed by atoms with Crippen LogP contribution in [0.2, 0.25) is 0 Å². The number of aromatic nitrogens is 2. The summed E-state index contributed by atoms with van der Waals surface area (Å²) in [6, 6.07) is 13.2. The molecule has 0 saturated heterocycles. The third-order valence-corrected chi connectivity index (χ3v) is 6.47. The summed E-state index contributed by atoms with van der Waals surface area (Å²) in [5.74, 6) is -1.22. The van der Waals surface area contributed by atoms with E-state index in [1.807, 2.05) is 38.1 Å². The number of aliphatic hydroxyl groups is 2. The van der Waals surface area contributed by atoms with Crippen molar-refractivity contribution in [3.05, 3.63) is 76.9 Å². The summed E-state index contributed by atoms with van der Waals surface area (Å²) in [6.07, 6.45) is -2.18. The van der Waals surface area contributed by atoms with Crippen LogP contribution in [0, 0.1) is 5.82 Å². The monoisotopic (exact) mass is 541 g/mol. The lowest BCUT2D eigenvalue weighted by atomic mass is 9.95. The SMILES string of the molecule is COc1ccc(CN(C)C(=O)c2nn(-c3ccc(F)cc3)c(CC[C@@H](O)C[C@@H](O)CC(=O)O)c2C(C)C)cc1. The molecule has 0 fully saturated rings. The Morgan fingerprint density at radius 2 is 1.69 bits per heavy atom. The van der Waals surface area contributed by atoms with E-state index in [0.29, 0.717) is 29.9 Å². The largest absolute Gasteiger partial charge is 0.497 e. The third kappa shape index (κ3) is 7.87. The Hall–Kier alpha value is -3.76. The van der Waals surface area contributed by atoms with Crippen LogP contribution in [-0.4, -0.2) is 68.2 Å². The number of methoxy groups -OCH3 is 1. The molecule has 0 aliphatic rings. The second kappa shape index (κ2) is 13.3. The minimum absolute atomic E-state index is 0.0929. The minimum atomic E-state index is -1.17. The fourth-order valence-electron chi connectivity index (χ4n) is 4.54. The first-order valence-electron chi connectivity index (χ1n) is 12.8. The summed E-state index contributed by atoms with van der Waals surface area (Å²) >= 11 is 0. The molecule has 3 N–H and O–H groups in total. The molecule has 0 unspecified atom stereocenters. The van der Waals surface area contributed by atoms with Gasteiger partial charge in [0.05, 0.1) is 31.4 Å². The molecule has 0 radical (unpaired) electrons. The van der Waals surface area contributed by atoms with Gasteiger partial charge < -0.3 is 25.0 Å². The van der Waals surface area contributed by atoms with E-state index in [1.165, 1.54) is 12.1 Å². The molecule has 3 aromatic rings. The Kier molecular flexibility index (Phi) is 10.2. The van der Waals surface area contributed by atoms with Crippen molar-refractivity contribution < 1.29 is 34.0 Å². The molecule has 1 heterocycles. The van der Waals surface area contributed by atoms with Gasteiger partial charge in [-0.25, -0.2) is 9.07 Å². The minimum Gasteiger partial charge on any atom is -0.497 e. The van der Waals surface area contributed by atoms with E-state index in [0.717, 1.165) is 11.3 Å². The van der Waals surface area contributed by atoms with Crippen molar-refractivity contribution >= 4 is 11.9 Å². The predicted octanol–water partition coefficient (Wildman–Crippen LogP) is 3.93. The molecule has 9 nitrogen and oxygen atoms in total. The molecule has 0 saturated carbocycles. The van der Waals surface area contributed by atoms with Crippen molar-refractivity contribution in [3.8, 4) is 11.4 Å². The van der Waals surface area contributed by atoms with Gasteiger partial charge in [-0.15, -0.1) is 0 Å². The van der Waals surface area contributed by atoms with Crippen LogP contribution in [0.1, 0.15) is 66.3 Å². The van der Waals surface area contributed by atoms with E-state index >= 15 is 0 Å². The number of carbonyl (C=O) groups is 2. The van der Waals surface area contributed by atoms with E-state index in [4.69, 9.17) is 9.84 Å². The van der Waals surface area contributed by atoms with Crippen LogP contribution < -0.4 is 4.74 Å². The topological polar surface area (TPSA) is 125 Å². The van der Waals surface area contributed by atoms with Gasteiger partial charge in [-0.2, -0.15) is 5.10 Å². The Morgan fingerprint density at radius 1 is 1.05 bits per heavy atom. The number of benzene rings is 2. The molecule has 2 aromatic carbocycles. The van der Waals surface area contributed by atoms with E-state index in [1.54, 1.807) is 35.9 Å². The van der Waals surface area contributed by atoms with Gasteiger partial charge in [0.25, 0.3) is 5.91 Å². The van der Waals surface area contributed by atoms with Crippen molar-refractivity contribution in [2.75, 3.05) is 14.2 Å². The second-order valence-electron chi connectivity index (χ2n) is 9.94. The van der Waals surface area contributed by atoms with Crippen molar-refractivity contribution in [1.29, 1.82) is 0 Å². The summed E-state index contributed by atoms with van der Waals surface area (Å²) < 4.78 is 20.5. The number of ether oxygens (including phenoxy) is 1. The number of carbonyl (C=O) groups excluding carboxylic acids is 1. The number of rotatable bonds is 13. The Balaban J connectivity index is 1.93. The van der Waals surface area contributed by atoms with Gasteiger partial charge >= 0.3 is 5.97 Å². The summed E-state index contributed by atoms with van der Waals surface area (Å²) in [5, 5.41) is 34.0. The number of nitrogens with zero attached hydrogens (tertiary/aromatic N) is 3. The van der Waals surface area contributed by atoms with Gasteiger partial charge in [0.15, 0.2) is 5.69 Å². The van der Waals surface area contributed by atoms with Crippen molar-refractivity contribution in [3.63, 3.8) is 0 Å². The predicted molar refractivity (Wildman–Crippen MR) is 144 cm³/mol. The highest BCUT2D eigenvalue weighted by atomic mass is 19.1. The average Bonchev–Trinajstić information content (AvgIpc) is 3.27. The van der Waals surface area contributed by atoms with Crippen LogP contribution in [0.4, 0.5) is 4.39 Å². The van der Waals surface area contributed by atoms with E-state index < -0.39 is 30.4 Å². The molecule has 1 aromatic heterocycles. The maximum atomic E-state index is 13.7. The molecule has 2 atom stereocenters. The van der Waals surface area contributed by atoms with Crippen LogP contribution in [0.3, 0.4) is 0 Å². The lowest BCUT2D eigenvalue weighted by molar-refractivity contribution is -0.139. The number of aliphatic carboxylic acids is 1. The number of amides is 1. The van der Waals surface area contributed by atoms with Gasteiger partial charge in [0.2, 0.25) is 0 Å². The highest BCUT2D eigenvalue weighted by Crippen LogP contribution is 2.29. The first-order valence-corrected chi connectivity index (χ1v) is 12.8. The Labute approximate surface area is 227 Å². The number of hydrogen-bond acceptors (Lipinski definition) is 6.